The summed E-state index contributed by atoms with van der Waals surface area (Å²) in [6.07, 6.45) is 1.89. The van der Waals surface area contributed by atoms with Gasteiger partial charge in [-0.2, -0.15) is 0 Å². The highest BCUT2D eigenvalue weighted by Crippen LogP contribution is 2.43. The van der Waals surface area contributed by atoms with Crippen LogP contribution in [0, 0.1) is 0 Å². The minimum atomic E-state index is 0.178. The summed E-state index contributed by atoms with van der Waals surface area (Å²) in [4.78, 5) is 4.83. The smallest absolute Gasteiger partial charge is 0.252 e. The Morgan fingerprint density at radius 2 is 0.971 bits per heavy atom. The van der Waals surface area contributed by atoms with E-state index in [1.165, 1.54) is 44.8 Å². The Balaban J connectivity index is 1.55. The molecule has 0 amide bonds. The van der Waals surface area contributed by atoms with Crippen molar-refractivity contribution in [3.8, 4) is 0 Å². The van der Waals surface area contributed by atoms with Gasteiger partial charge in [0, 0.05) is 34.1 Å². The van der Waals surface area contributed by atoms with Gasteiger partial charge in [0.25, 0.3) is 6.71 Å². The van der Waals surface area contributed by atoms with E-state index < -0.39 is 0 Å². The van der Waals surface area contributed by atoms with Crippen molar-refractivity contribution < 1.29 is 0 Å². The summed E-state index contributed by atoms with van der Waals surface area (Å²) in [5.41, 5.74) is 12.4. The Hall–Kier alpha value is -4.50. The molecule has 0 N–H and O–H groups in total. The quantitative estimate of drug-likeness (QED) is 0.289. The van der Waals surface area contributed by atoms with Crippen LogP contribution in [0.1, 0.15) is 5.56 Å². The van der Waals surface area contributed by atoms with Crippen molar-refractivity contribution in [1.29, 1.82) is 0 Å². The molecule has 0 bridgehead atoms. The van der Waals surface area contributed by atoms with Crippen LogP contribution in [0.4, 0.5) is 34.1 Å². The Morgan fingerprint density at radius 3 is 1.54 bits per heavy atom. The van der Waals surface area contributed by atoms with Gasteiger partial charge >= 0.3 is 0 Å². The molecule has 0 saturated carbocycles. The lowest BCUT2D eigenvalue weighted by atomic mass is 9.33. The summed E-state index contributed by atoms with van der Waals surface area (Å²) in [5.74, 6) is 0. The van der Waals surface area contributed by atoms with Gasteiger partial charge in [0.05, 0.1) is 0 Å². The summed E-state index contributed by atoms with van der Waals surface area (Å²) in [7, 11) is 0. The number of hydrogen-bond donors (Lipinski definition) is 0. The molecular weight excluding hydrogens is 423 g/mol. The van der Waals surface area contributed by atoms with E-state index in [0.29, 0.717) is 0 Å². The first-order chi connectivity index (χ1) is 17.3. The molecule has 5 aromatic rings. The van der Waals surface area contributed by atoms with Gasteiger partial charge in [-0.3, -0.25) is 0 Å². The Bertz CT molecular complexity index is 1570. The van der Waals surface area contributed by atoms with Crippen LogP contribution >= 0.6 is 0 Å². The molecule has 35 heavy (non-hydrogen) atoms. The molecule has 0 unspecified atom stereocenters. The molecule has 0 saturated heterocycles. The van der Waals surface area contributed by atoms with Gasteiger partial charge < -0.3 is 9.80 Å². The second kappa shape index (κ2) is 7.78. The summed E-state index contributed by atoms with van der Waals surface area (Å²) < 4.78 is 0. The average Bonchev–Trinajstić information content (AvgIpc) is 2.93. The van der Waals surface area contributed by atoms with Crippen molar-refractivity contribution in [3.05, 3.63) is 133 Å². The summed E-state index contributed by atoms with van der Waals surface area (Å²) in [6.45, 7) is 4.10. The fourth-order valence-corrected chi connectivity index (χ4v) is 5.73. The molecule has 3 heteroatoms. The number of anilines is 6. The van der Waals surface area contributed by atoms with E-state index in [1.54, 1.807) is 0 Å². The predicted octanol–water partition coefficient (Wildman–Crippen LogP) is 6.41. The second-order valence-corrected chi connectivity index (χ2v) is 9.06. The molecule has 0 radical (unpaired) electrons. The van der Waals surface area contributed by atoms with Crippen molar-refractivity contribution in [2.75, 3.05) is 9.80 Å². The zero-order valence-electron chi connectivity index (χ0n) is 19.3. The topological polar surface area (TPSA) is 6.48 Å². The second-order valence-electron chi connectivity index (χ2n) is 9.06. The van der Waals surface area contributed by atoms with Gasteiger partial charge in [0.15, 0.2) is 0 Å². The first kappa shape index (κ1) is 19.9. The molecule has 2 aliphatic rings. The highest BCUT2D eigenvalue weighted by atomic mass is 15.2. The molecular formula is C32H23BN2. The van der Waals surface area contributed by atoms with Gasteiger partial charge in [-0.1, -0.05) is 85.5 Å². The van der Waals surface area contributed by atoms with E-state index in [4.69, 9.17) is 0 Å². The Kier molecular flexibility index (Phi) is 4.43. The maximum atomic E-state index is 3.92. The number of nitrogens with zero attached hydrogens (tertiary/aromatic N) is 2. The van der Waals surface area contributed by atoms with Crippen molar-refractivity contribution >= 4 is 63.3 Å². The zero-order chi connectivity index (χ0) is 23.4. The van der Waals surface area contributed by atoms with Crippen LogP contribution in [0.3, 0.4) is 0 Å². The van der Waals surface area contributed by atoms with E-state index >= 15 is 0 Å². The van der Waals surface area contributed by atoms with Crippen LogP contribution in [0.15, 0.2) is 128 Å². The van der Waals surface area contributed by atoms with Crippen molar-refractivity contribution in [1.82, 2.24) is 0 Å². The maximum Gasteiger partial charge on any atom is 0.252 e. The van der Waals surface area contributed by atoms with E-state index in [1.807, 2.05) is 6.08 Å². The highest BCUT2D eigenvalue weighted by molar-refractivity contribution is 7.00. The maximum absolute atomic E-state index is 3.92. The van der Waals surface area contributed by atoms with Gasteiger partial charge in [0.2, 0.25) is 0 Å². The van der Waals surface area contributed by atoms with Crippen LogP contribution in [-0.2, 0) is 0 Å². The lowest BCUT2D eigenvalue weighted by Crippen LogP contribution is -2.61. The average molecular weight is 446 g/mol. The normalized spacial score (nSPS) is 13.1. The number of hydrogen-bond acceptors (Lipinski definition) is 2. The molecule has 7 rings (SSSR count). The van der Waals surface area contributed by atoms with Crippen LogP contribution in [0.25, 0.3) is 6.08 Å². The first-order valence-corrected chi connectivity index (χ1v) is 12.0. The van der Waals surface area contributed by atoms with Gasteiger partial charge in [0.1, 0.15) is 0 Å². The van der Waals surface area contributed by atoms with Crippen molar-refractivity contribution in [3.63, 3.8) is 0 Å². The lowest BCUT2D eigenvalue weighted by Gasteiger charge is -2.44. The van der Waals surface area contributed by atoms with Crippen LogP contribution in [0.2, 0.25) is 0 Å². The van der Waals surface area contributed by atoms with E-state index in [-0.39, 0.29) is 6.71 Å². The molecule has 5 aromatic carbocycles. The number of para-hydroxylation sites is 3. The number of benzene rings is 5. The lowest BCUT2D eigenvalue weighted by molar-refractivity contribution is 1.25. The molecule has 0 aliphatic carbocycles. The molecule has 2 heterocycles. The minimum Gasteiger partial charge on any atom is -0.311 e. The first-order valence-electron chi connectivity index (χ1n) is 12.0. The molecule has 0 atom stereocenters. The molecule has 164 valence electrons. The van der Waals surface area contributed by atoms with E-state index in [0.717, 1.165) is 11.3 Å². The monoisotopic (exact) mass is 446 g/mol. The van der Waals surface area contributed by atoms with Crippen LogP contribution in [0.5, 0.6) is 0 Å². The van der Waals surface area contributed by atoms with E-state index in [2.05, 4.69) is 138 Å². The van der Waals surface area contributed by atoms with Gasteiger partial charge in [-0.05, 0) is 70.5 Å². The van der Waals surface area contributed by atoms with Crippen LogP contribution in [-0.4, -0.2) is 6.71 Å². The Labute approximate surface area is 206 Å². The molecule has 0 aromatic heterocycles. The largest absolute Gasteiger partial charge is 0.311 e. The molecule has 0 spiro atoms. The fraction of sp³-hybridized carbons (Fsp3) is 0. The SMILES string of the molecule is C=Cc1ccc(N2c3ccccc3B3c4ccccc4N(c4ccccc4)c4cccc2c43)cc1. The third-order valence-corrected chi connectivity index (χ3v) is 7.21. The highest BCUT2D eigenvalue weighted by Gasteiger charge is 2.42. The number of rotatable bonds is 3. The third-order valence-electron chi connectivity index (χ3n) is 7.21. The standard InChI is InChI=1S/C32H23BN2/c1-2-23-19-21-25(22-20-23)35-29-16-9-7-14-27(29)33-26-13-6-8-15-28(26)34(24-11-4-3-5-12-24)30-17-10-18-31(35)32(30)33/h2-22H,1H2. The summed E-state index contributed by atoms with van der Waals surface area (Å²) in [6, 6.07) is 43.8. The molecule has 2 nitrogen and oxygen atoms in total. The zero-order valence-corrected chi connectivity index (χ0v) is 19.3. The van der Waals surface area contributed by atoms with Gasteiger partial charge in [-0.25, -0.2) is 0 Å². The minimum absolute atomic E-state index is 0.178. The van der Waals surface area contributed by atoms with Gasteiger partial charge in [-0.15, -0.1) is 0 Å². The summed E-state index contributed by atoms with van der Waals surface area (Å²) >= 11 is 0. The van der Waals surface area contributed by atoms with Crippen LogP contribution < -0.4 is 26.2 Å². The third kappa shape index (κ3) is 2.92. The van der Waals surface area contributed by atoms with Crippen molar-refractivity contribution in [2.24, 2.45) is 0 Å². The molecule has 2 aliphatic heterocycles. The number of fused-ring (bicyclic) bond motifs is 4. The summed E-state index contributed by atoms with van der Waals surface area (Å²) in [5, 5.41) is 0. The molecule has 0 fully saturated rings. The fourth-order valence-electron chi connectivity index (χ4n) is 5.73. The Morgan fingerprint density at radius 1 is 0.486 bits per heavy atom. The van der Waals surface area contributed by atoms with E-state index in [9.17, 15) is 0 Å². The predicted molar refractivity (Wildman–Crippen MR) is 151 cm³/mol. The van der Waals surface area contributed by atoms with Crippen molar-refractivity contribution in [2.45, 2.75) is 0 Å².